The highest BCUT2D eigenvalue weighted by molar-refractivity contribution is 6.01. The normalized spacial score (nSPS) is 17.3. The molecule has 1 saturated carbocycles. The smallest absolute Gasteiger partial charge is 0.286 e. The minimum Gasteiger partial charge on any atom is -0.352 e. The second-order valence-corrected chi connectivity index (χ2v) is 12.0. The van der Waals surface area contributed by atoms with Crippen molar-refractivity contribution in [3.8, 4) is 0 Å². The first-order valence-electron chi connectivity index (χ1n) is 15.8. The zero-order chi connectivity index (χ0) is 32.5. The predicted molar refractivity (Wildman–Crippen MR) is 166 cm³/mol. The number of amides is 4. The summed E-state index contributed by atoms with van der Waals surface area (Å²) >= 11 is 0. The van der Waals surface area contributed by atoms with E-state index in [1.165, 1.54) is 25.4 Å². The maximum absolute atomic E-state index is 15.4. The summed E-state index contributed by atoms with van der Waals surface area (Å²) in [4.78, 5) is 74.7. The van der Waals surface area contributed by atoms with Gasteiger partial charge in [-0.15, -0.1) is 0 Å². The number of hydrogen-bond acceptors (Lipinski definition) is 7. The molecule has 0 radical (unpaired) electrons. The third kappa shape index (κ3) is 8.96. The maximum atomic E-state index is 15.4. The van der Waals surface area contributed by atoms with Gasteiger partial charge in [-0.3, -0.25) is 24.0 Å². The van der Waals surface area contributed by atoms with E-state index in [0.717, 1.165) is 45.2 Å². The largest absolute Gasteiger partial charge is 0.352 e. The Labute approximate surface area is 262 Å². The number of rotatable bonds is 12. The topological polar surface area (TPSA) is 157 Å². The minimum absolute atomic E-state index is 0.00316. The van der Waals surface area contributed by atoms with Crippen molar-refractivity contribution in [1.29, 1.82) is 0 Å². The number of hydrogen-bond donors (Lipinski definition) is 4. The maximum Gasteiger partial charge on any atom is 0.286 e. The minimum atomic E-state index is -0.839. The number of piperazine rings is 1. The van der Waals surface area contributed by atoms with Crippen molar-refractivity contribution >= 4 is 35.1 Å². The molecule has 1 aromatic heterocycles. The van der Waals surface area contributed by atoms with E-state index >= 15 is 4.39 Å². The molecule has 1 saturated heterocycles. The third-order valence-electron chi connectivity index (χ3n) is 8.78. The zero-order valence-corrected chi connectivity index (χ0v) is 26.3. The van der Waals surface area contributed by atoms with Crippen molar-refractivity contribution in [3.63, 3.8) is 0 Å². The first kappa shape index (κ1) is 33.8. The summed E-state index contributed by atoms with van der Waals surface area (Å²) in [5.74, 6) is -3.16. The van der Waals surface area contributed by atoms with E-state index in [0.29, 0.717) is 18.7 Å². The summed E-state index contributed by atoms with van der Waals surface area (Å²) in [5.41, 5.74) is 0.605. The van der Waals surface area contributed by atoms with E-state index in [2.05, 4.69) is 30.8 Å². The Bertz CT molecular complexity index is 1380. The lowest BCUT2D eigenvalue weighted by Gasteiger charge is -2.34. The van der Waals surface area contributed by atoms with Crippen LogP contribution in [0.3, 0.4) is 0 Å². The second-order valence-electron chi connectivity index (χ2n) is 12.0. The van der Waals surface area contributed by atoms with Gasteiger partial charge in [0, 0.05) is 58.4 Å². The zero-order valence-electron chi connectivity index (χ0n) is 26.3. The van der Waals surface area contributed by atoms with Crippen LogP contribution in [0.15, 0.2) is 24.4 Å². The molecule has 0 unspecified atom stereocenters. The number of imidazole rings is 1. The highest BCUT2D eigenvalue weighted by atomic mass is 19.1. The van der Waals surface area contributed by atoms with Crippen LogP contribution in [0.2, 0.25) is 0 Å². The van der Waals surface area contributed by atoms with Crippen LogP contribution < -0.4 is 16.0 Å². The van der Waals surface area contributed by atoms with Crippen LogP contribution in [-0.4, -0.2) is 95.5 Å². The van der Waals surface area contributed by atoms with Gasteiger partial charge < -0.3 is 30.7 Å². The third-order valence-corrected chi connectivity index (χ3v) is 8.78. The Balaban J connectivity index is 1.47. The van der Waals surface area contributed by atoms with Gasteiger partial charge in [-0.05, 0) is 43.5 Å². The van der Waals surface area contributed by atoms with Crippen molar-refractivity contribution in [1.82, 2.24) is 30.4 Å². The molecule has 0 spiro atoms. The fourth-order valence-electron chi connectivity index (χ4n) is 6.01. The fourth-order valence-corrected chi connectivity index (χ4v) is 6.01. The highest BCUT2D eigenvalue weighted by Crippen LogP contribution is 2.33. The molecular weight excluding hydrogens is 581 g/mol. The molecule has 2 heterocycles. The number of carbonyl (C=O) groups excluding carboxylic acids is 5. The summed E-state index contributed by atoms with van der Waals surface area (Å²) in [6, 6.07) is 3.51. The van der Waals surface area contributed by atoms with Crippen molar-refractivity contribution in [2.75, 3.05) is 45.6 Å². The summed E-state index contributed by atoms with van der Waals surface area (Å²) in [5, 5.41) is 7.92. The van der Waals surface area contributed by atoms with E-state index in [-0.39, 0.29) is 60.0 Å². The molecule has 2 aromatic rings. The number of nitrogens with zero attached hydrogens (tertiary/aromatic N) is 3. The average molecular weight is 626 g/mol. The number of anilines is 1. The number of H-pyrrole nitrogens is 1. The van der Waals surface area contributed by atoms with E-state index in [1.54, 1.807) is 17.9 Å². The fraction of sp³-hybridized carbons (Fsp3) is 0.562. The van der Waals surface area contributed by atoms with Gasteiger partial charge in [0.1, 0.15) is 17.6 Å². The number of nitrogens with one attached hydrogen (secondary N) is 4. The predicted octanol–water partition coefficient (Wildman–Crippen LogP) is 2.53. The second kappa shape index (κ2) is 15.7. The summed E-state index contributed by atoms with van der Waals surface area (Å²) < 4.78 is 15.4. The van der Waals surface area contributed by atoms with Gasteiger partial charge >= 0.3 is 0 Å². The first-order chi connectivity index (χ1) is 21.6. The monoisotopic (exact) mass is 625 g/mol. The molecule has 2 aliphatic rings. The lowest BCUT2D eigenvalue weighted by atomic mass is 9.77. The van der Waals surface area contributed by atoms with Gasteiger partial charge in [-0.1, -0.05) is 32.3 Å². The Morgan fingerprint density at radius 3 is 2.42 bits per heavy atom. The first-order valence-corrected chi connectivity index (χ1v) is 15.8. The molecular formula is C32H44FN7O5. The quantitative estimate of drug-likeness (QED) is 0.264. The van der Waals surface area contributed by atoms with Crippen molar-refractivity contribution in [3.05, 3.63) is 47.3 Å². The molecule has 4 rings (SSSR count). The van der Waals surface area contributed by atoms with Crippen LogP contribution >= 0.6 is 0 Å². The molecule has 4 N–H and O–H groups in total. The number of halogens is 1. The van der Waals surface area contributed by atoms with E-state index < -0.39 is 29.6 Å². The van der Waals surface area contributed by atoms with Gasteiger partial charge in [0.15, 0.2) is 11.6 Å². The molecule has 2 atom stereocenters. The Morgan fingerprint density at radius 2 is 1.78 bits per heavy atom. The molecule has 244 valence electrons. The van der Waals surface area contributed by atoms with Crippen molar-refractivity contribution in [2.45, 2.75) is 64.3 Å². The summed E-state index contributed by atoms with van der Waals surface area (Å²) in [6.07, 6.45) is 6.00. The van der Waals surface area contributed by atoms with Gasteiger partial charge in [0.25, 0.3) is 5.91 Å². The van der Waals surface area contributed by atoms with Gasteiger partial charge in [-0.25, -0.2) is 9.37 Å². The Morgan fingerprint density at radius 1 is 1.07 bits per heavy atom. The van der Waals surface area contributed by atoms with Crippen LogP contribution in [0.25, 0.3) is 0 Å². The standard InChI is InChI=1S/C32H44FN7O5/c1-4-28(42)36-25(32(45)40-14-12-39(3)13-15-40)17-20-10-11-24(23(33)16-20)38-30(43)22(21-8-6-5-7-9-21)18-27(41)26-19-35-29(37-26)31(44)34-2/h10-11,16,19,21-22,25H,4-9,12-15,17-18H2,1-3H3,(H,34,44)(H,35,37)(H,36,42)(H,38,43)/t22-,25+/m0/s1. The average Bonchev–Trinajstić information content (AvgIpc) is 3.55. The molecule has 45 heavy (non-hydrogen) atoms. The molecule has 1 aromatic carbocycles. The molecule has 1 aliphatic heterocycles. The number of ketones is 1. The lowest BCUT2D eigenvalue weighted by molar-refractivity contribution is -0.137. The number of aromatic amines is 1. The van der Waals surface area contributed by atoms with Crippen molar-refractivity contribution < 1.29 is 28.4 Å². The lowest BCUT2D eigenvalue weighted by Crippen LogP contribution is -2.54. The Hall–Kier alpha value is -4.13. The van der Waals surface area contributed by atoms with Crippen LogP contribution in [0.1, 0.15) is 78.5 Å². The number of aromatic nitrogens is 2. The number of carbonyl (C=O) groups is 5. The van der Waals surface area contributed by atoms with E-state index in [1.807, 2.05) is 7.05 Å². The molecule has 1 aliphatic carbocycles. The number of Topliss-reactive ketones (excluding diaryl/α,β-unsaturated/α-hetero) is 1. The van der Waals surface area contributed by atoms with Gasteiger partial charge in [0.05, 0.1) is 11.9 Å². The molecule has 2 fully saturated rings. The highest BCUT2D eigenvalue weighted by Gasteiger charge is 2.33. The van der Waals surface area contributed by atoms with E-state index in [9.17, 15) is 24.0 Å². The number of likely N-dealkylation sites (N-methyl/N-ethyl adjacent to an activating group) is 1. The molecule has 0 bridgehead atoms. The molecule has 4 amide bonds. The Kier molecular flexibility index (Phi) is 11.8. The van der Waals surface area contributed by atoms with E-state index in [4.69, 9.17) is 0 Å². The number of benzene rings is 1. The van der Waals surface area contributed by atoms with Crippen molar-refractivity contribution in [2.24, 2.45) is 11.8 Å². The van der Waals surface area contributed by atoms with Crippen LogP contribution in [0, 0.1) is 17.7 Å². The van der Waals surface area contributed by atoms with Crippen LogP contribution in [0.5, 0.6) is 0 Å². The molecule has 13 heteroatoms. The van der Waals surface area contributed by atoms with Crippen LogP contribution in [-0.2, 0) is 20.8 Å². The SMILES string of the molecule is CCC(=O)N[C@H](Cc1ccc(NC(=O)[C@@H](CC(=O)c2cnc(C(=O)NC)[nH]2)C2CCCCC2)c(F)c1)C(=O)N1CCN(C)CC1. The van der Waals surface area contributed by atoms with Gasteiger partial charge in [-0.2, -0.15) is 0 Å². The summed E-state index contributed by atoms with van der Waals surface area (Å²) in [6.45, 7) is 4.27. The summed E-state index contributed by atoms with van der Waals surface area (Å²) in [7, 11) is 3.44. The molecule has 12 nitrogen and oxygen atoms in total. The van der Waals surface area contributed by atoms with Gasteiger partial charge in [0.2, 0.25) is 17.7 Å². The van der Waals surface area contributed by atoms with Crippen LogP contribution in [0.4, 0.5) is 10.1 Å².